The van der Waals surface area contributed by atoms with Gasteiger partial charge in [0.1, 0.15) is 28.1 Å². The number of ether oxygens (including phenoxy) is 3. The monoisotopic (exact) mass is 470 g/mol. The third-order valence-electron chi connectivity index (χ3n) is 5.52. The van der Waals surface area contributed by atoms with Crippen LogP contribution in [0.25, 0.3) is 28.0 Å². The standard InChI is InChI=1S/C26H30O8/c1-13(2)16(27)10-15-21-18(12-20(32-6)25(15)33-7)34-19-11-17(31-5)14(8-9-26(3,4)30)23(28)22(19)24(21)29/h8-9,11-12,16,27-28,30H,1,10H2,2-7H3. The van der Waals surface area contributed by atoms with E-state index in [1.807, 2.05) is 0 Å². The van der Waals surface area contributed by atoms with Crippen LogP contribution >= 0.6 is 0 Å². The van der Waals surface area contributed by atoms with Crippen molar-refractivity contribution in [2.75, 3.05) is 21.3 Å². The Bertz CT molecular complexity index is 1340. The van der Waals surface area contributed by atoms with E-state index in [1.54, 1.807) is 20.8 Å². The van der Waals surface area contributed by atoms with Crippen molar-refractivity contribution in [3.63, 3.8) is 0 Å². The van der Waals surface area contributed by atoms with Crippen LogP contribution in [0, 0.1) is 0 Å². The van der Waals surface area contributed by atoms with Crippen LogP contribution in [0.1, 0.15) is 31.9 Å². The van der Waals surface area contributed by atoms with Crippen molar-refractivity contribution in [2.24, 2.45) is 0 Å². The normalized spacial score (nSPS) is 12.9. The highest BCUT2D eigenvalue weighted by atomic mass is 16.5. The first-order valence-corrected chi connectivity index (χ1v) is 10.6. The Kier molecular flexibility index (Phi) is 6.95. The van der Waals surface area contributed by atoms with Crippen LogP contribution in [0.2, 0.25) is 0 Å². The molecule has 0 aliphatic rings. The van der Waals surface area contributed by atoms with Gasteiger partial charge in [0, 0.05) is 24.1 Å². The average Bonchev–Trinajstić information content (AvgIpc) is 2.76. The summed E-state index contributed by atoms with van der Waals surface area (Å²) in [6, 6.07) is 3.02. The fraction of sp³-hybridized carbons (Fsp3) is 0.346. The van der Waals surface area contributed by atoms with Gasteiger partial charge in [0.2, 0.25) is 5.43 Å². The number of methoxy groups -OCH3 is 3. The van der Waals surface area contributed by atoms with Crippen LogP contribution in [0.15, 0.2) is 39.6 Å². The van der Waals surface area contributed by atoms with Gasteiger partial charge in [-0.2, -0.15) is 0 Å². The summed E-state index contributed by atoms with van der Waals surface area (Å²) in [6.45, 7) is 8.61. The minimum Gasteiger partial charge on any atom is -0.506 e. The van der Waals surface area contributed by atoms with Gasteiger partial charge in [-0.25, -0.2) is 0 Å². The zero-order chi connectivity index (χ0) is 25.4. The highest BCUT2D eigenvalue weighted by Gasteiger charge is 2.25. The minimum atomic E-state index is -1.16. The van der Waals surface area contributed by atoms with Crippen LogP contribution in [0.4, 0.5) is 0 Å². The van der Waals surface area contributed by atoms with Crippen molar-refractivity contribution in [2.45, 2.75) is 38.9 Å². The van der Waals surface area contributed by atoms with Gasteiger partial charge in [-0.05, 0) is 26.8 Å². The molecule has 3 rings (SSSR count). The second kappa shape index (κ2) is 9.40. The summed E-state index contributed by atoms with van der Waals surface area (Å²) >= 11 is 0. The number of phenols is 1. The Labute approximate surface area is 197 Å². The molecule has 0 radical (unpaired) electrons. The minimum absolute atomic E-state index is 0.0187. The maximum Gasteiger partial charge on any atom is 0.204 e. The molecule has 0 aliphatic carbocycles. The molecule has 34 heavy (non-hydrogen) atoms. The quantitative estimate of drug-likeness (QED) is 0.335. The smallest absolute Gasteiger partial charge is 0.204 e. The third-order valence-corrected chi connectivity index (χ3v) is 5.52. The lowest BCUT2D eigenvalue weighted by atomic mass is 9.96. The molecule has 0 saturated carbocycles. The third kappa shape index (κ3) is 4.60. The molecule has 0 fully saturated rings. The topological polar surface area (TPSA) is 119 Å². The van der Waals surface area contributed by atoms with Gasteiger partial charge >= 0.3 is 0 Å². The predicted octanol–water partition coefficient (Wildman–Crippen LogP) is 3.94. The van der Waals surface area contributed by atoms with E-state index in [4.69, 9.17) is 18.6 Å². The molecule has 8 heteroatoms. The van der Waals surface area contributed by atoms with Crippen molar-refractivity contribution in [1.29, 1.82) is 0 Å². The molecule has 3 aromatic rings. The summed E-state index contributed by atoms with van der Waals surface area (Å²) in [4.78, 5) is 13.8. The highest BCUT2D eigenvalue weighted by Crippen LogP contribution is 2.41. The first-order valence-electron chi connectivity index (χ1n) is 10.6. The first kappa shape index (κ1) is 25.1. The van der Waals surface area contributed by atoms with Crippen molar-refractivity contribution < 1.29 is 33.9 Å². The SMILES string of the molecule is C=C(C)C(O)Cc1c(OC)c(OC)cc2oc3cc(OC)c(C=CC(C)(C)O)c(O)c3c(=O)c12. The van der Waals surface area contributed by atoms with Gasteiger partial charge in [-0.1, -0.05) is 18.2 Å². The molecule has 1 heterocycles. The maximum atomic E-state index is 13.8. The molecular formula is C26H30O8. The van der Waals surface area contributed by atoms with Crippen LogP contribution in [-0.2, 0) is 6.42 Å². The second-order valence-corrected chi connectivity index (χ2v) is 8.66. The summed E-state index contributed by atoms with van der Waals surface area (Å²) in [7, 11) is 4.31. The molecule has 0 amide bonds. The largest absolute Gasteiger partial charge is 0.506 e. The van der Waals surface area contributed by atoms with Crippen molar-refractivity contribution >= 4 is 28.0 Å². The lowest BCUT2D eigenvalue weighted by Gasteiger charge is -2.18. The average molecular weight is 471 g/mol. The van der Waals surface area contributed by atoms with E-state index >= 15 is 0 Å². The zero-order valence-corrected chi connectivity index (χ0v) is 20.2. The summed E-state index contributed by atoms with van der Waals surface area (Å²) < 4.78 is 22.4. The molecule has 8 nitrogen and oxygen atoms in total. The van der Waals surface area contributed by atoms with Crippen LogP contribution < -0.4 is 19.6 Å². The van der Waals surface area contributed by atoms with E-state index < -0.39 is 17.1 Å². The molecule has 1 unspecified atom stereocenters. The molecule has 1 atom stereocenters. The fourth-order valence-corrected chi connectivity index (χ4v) is 3.73. The summed E-state index contributed by atoms with van der Waals surface area (Å²) in [5.41, 5.74) is -0.282. The van der Waals surface area contributed by atoms with Crippen molar-refractivity contribution in [3.8, 4) is 23.0 Å². The zero-order valence-electron chi connectivity index (χ0n) is 20.2. The van der Waals surface area contributed by atoms with Crippen molar-refractivity contribution in [3.05, 3.63) is 51.7 Å². The summed E-state index contributed by atoms with van der Waals surface area (Å²) in [5, 5.41) is 31.8. The Morgan fingerprint density at radius 2 is 1.71 bits per heavy atom. The number of aromatic hydroxyl groups is 1. The predicted molar refractivity (Wildman–Crippen MR) is 131 cm³/mol. The second-order valence-electron chi connectivity index (χ2n) is 8.66. The van der Waals surface area contributed by atoms with Gasteiger partial charge in [0.15, 0.2) is 11.5 Å². The Balaban J connectivity index is 2.48. The Hall–Kier alpha value is -3.49. The fourth-order valence-electron chi connectivity index (χ4n) is 3.73. The lowest BCUT2D eigenvalue weighted by Crippen LogP contribution is -2.16. The van der Waals surface area contributed by atoms with Gasteiger partial charge in [0.25, 0.3) is 0 Å². The maximum absolute atomic E-state index is 13.8. The van der Waals surface area contributed by atoms with Crippen molar-refractivity contribution in [1.82, 2.24) is 0 Å². The van der Waals surface area contributed by atoms with Gasteiger partial charge in [0.05, 0.1) is 44.0 Å². The number of aliphatic hydroxyl groups is 2. The molecule has 2 aromatic carbocycles. The Morgan fingerprint density at radius 3 is 2.24 bits per heavy atom. The number of benzene rings is 2. The van der Waals surface area contributed by atoms with E-state index in [0.717, 1.165) is 0 Å². The van der Waals surface area contributed by atoms with Gasteiger partial charge in [-0.15, -0.1) is 0 Å². The lowest BCUT2D eigenvalue weighted by molar-refractivity contribution is 0.134. The van der Waals surface area contributed by atoms with Crippen LogP contribution in [-0.4, -0.2) is 48.4 Å². The molecular weight excluding hydrogens is 440 g/mol. The van der Waals surface area contributed by atoms with Crippen LogP contribution in [0.3, 0.4) is 0 Å². The number of hydrogen-bond donors (Lipinski definition) is 3. The Morgan fingerprint density at radius 1 is 1.12 bits per heavy atom. The molecule has 1 aromatic heterocycles. The van der Waals surface area contributed by atoms with Gasteiger partial charge in [-0.3, -0.25) is 4.79 Å². The molecule has 0 bridgehead atoms. The number of hydrogen-bond acceptors (Lipinski definition) is 8. The summed E-state index contributed by atoms with van der Waals surface area (Å²) in [6.07, 6.45) is 2.03. The number of aliphatic hydroxyl groups excluding tert-OH is 1. The van der Waals surface area contributed by atoms with E-state index in [9.17, 15) is 20.1 Å². The first-order chi connectivity index (χ1) is 15.9. The van der Waals surface area contributed by atoms with E-state index in [2.05, 4.69) is 6.58 Å². The number of fused-ring (bicyclic) bond motifs is 2. The summed E-state index contributed by atoms with van der Waals surface area (Å²) in [5.74, 6) is 0.498. The van der Waals surface area contributed by atoms with Gasteiger partial charge < -0.3 is 33.9 Å². The highest BCUT2D eigenvalue weighted by molar-refractivity contribution is 5.99. The number of phenolic OH excluding ortho intramolecular Hbond substituents is 1. The van der Waals surface area contributed by atoms with E-state index in [0.29, 0.717) is 16.9 Å². The molecule has 182 valence electrons. The van der Waals surface area contributed by atoms with Crippen LogP contribution in [0.5, 0.6) is 23.0 Å². The molecule has 0 spiro atoms. The molecule has 0 aliphatic heterocycles. The molecule has 0 saturated heterocycles. The van der Waals surface area contributed by atoms with E-state index in [1.165, 1.54) is 45.6 Å². The van der Waals surface area contributed by atoms with E-state index in [-0.39, 0.29) is 51.2 Å². The number of rotatable bonds is 8. The molecule has 3 N–H and O–H groups in total.